The van der Waals surface area contributed by atoms with Gasteiger partial charge in [-0.3, -0.25) is 4.79 Å². The summed E-state index contributed by atoms with van der Waals surface area (Å²) in [6, 6.07) is 4.67. The molecule has 0 radical (unpaired) electrons. The maximum atomic E-state index is 13.0. The van der Waals surface area contributed by atoms with Gasteiger partial charge in [0.05, 0.1) is 6.04 Å². The van der Waals surface area contributed by atoms with Crippen molar-refractivity contribution in [2.24, 2.45) is 11.8 Å². The second-order valence-corrected chi connectivity index (χ2v) is 8.04. The van der Waals surface area contributed by atoms with E-state index < -0.39 is 0 Å². The first-order chi connectivity index (χ1) is 10.8. The van der Waals surface area contributed by atoms with E-state index in [-0.39, 0.29) is 0 Å². The van der Waals surface area contributed by atoms with Crippen molar-refractivity contribution in [2.45, 2.75) is 70.8 Å². The van der Waals surface area contributed by atoms with E-state index in [0.29, 0.717) is 17.9 Å². The Labute approximate surface area is 138 Å². The van der Waals surface area contributed by atoms with Crippen LogP contribution in [0.2, 0.25) is 0 Å². The van der Waals surface area contributed by atoms with E-state index >= 15 is 0 Å². The third kappa shape index (κ3) is 3.56. The number of rotatable bonds is 5. The summed E-state index contributed by atoms with van der Waals surface area (Å²) in [4.78, 5) is 16.5. The van der Waals surface area contributed by atoms with Crippen LogP contribution in [0.15, 0.2) is 17.5 Å². The highest BCUT2D eigenvalue weighted by atomic mass is 32.1. The van der Waals surface area contributed by atoms with Gasteiger partial charge in [-0.1, -0.05) is 32.3 Å². The second kappa shape index (κ2) is 7.63. The van der Waals surface area contributed by atoms with Gasteiger partial charge in [-0.25, -0.2) is 0 Å². The lowest BCUT2D eigenvalue weighted by molar-refractivity contribution is -0.137. The fourth-order valence-electron chi connectivity index (χ4n) is 4.23. The van der Waals surface area contributed by atoms with Gasteiger partial charge in [-0.15, -0.1) is 11.3 Å². The van der Waals surface area contributed by atoms with Crippen molar-refractivity contribution in [2.75, 3.05) is 6.54 Å². The van der Waals surface area contributed by atoms with Gasteiger partial charge >= 0.3 is 0 Å². The highest BCUT2D eigenvalue weighted by molar-refractivity contribution is 7.10. The predicted octanol–water partition coefficient (Wildman–Crippen LogP) is 5.41. The lowest BCUT2D eigenvalue weighted by Crippen LogP contribution is -2.37. The van der Waals surface area contributed by atoms with E-state index in [9.17, 15) is 4.79 Å². The molecule has 1 saturated carbocycles. The van der Waals surface area contributed by atoms with Gasteiger partial charge < -0.3 is 4.90 Å². The van der Waals surface area contributed by atoms with E-state index in [1.54, 1.807) is 11.3 Å². The average molecular weight is 320 g/mol. The van der Waals surface area contributed by atoms with Crippen molar-refractivity contribution < 1.29 is 4.79 Å². The van der Waals surface area contributed by atoms with Crippen LogP contribution in [0.1, 0.15) is 75.6 Å². The molecule has 3 rings (SSSR count). The van der Waals surface area contributed by atoms with Gasteiger partial charge in [-0.2, -0.15) is 0 Å². The maximum Gasteiger partial charge on any atom is 0.226 e. The number of likely N-dealkylation sites (tertiary alicyclic amines) is 1. The van der Waals surface area contributed by atoms with Crippen molar-refractivity contribution in [1.82, 2.24) is 4.90 Å². The van der Waals surface area contributed by atoms with Crippen LogP contribution in [0.4, 0.5) is 0 Å². The summed E-state index contributed by atoms with van der Waals surface area (Å²) in [6.45, 7) is 3.24. The number of unbranched alkanes of at least 4 members (excludes halogenated alkanes) is 1. The number of nitrogens with zero attached hydrogens (tertiary/aromatic N) is 1. The number of carbonyl (C=O) groups is 1. The van der Waals surface area contributed by atoms with Gasteiger partial charge in [0, 0.05) is 17.3 Å². The molecule has 1 aliphatic heterocycles. The SMILES string of the molecule is CCCCC1CCC(C(=O)N2CCCC2c2cccs2)CC1. The molecule has 1 saturated heterocycles. The molecule has 1 atom stereocenters. The van der Waals surface area contributed by atoms with E-state index in [1.165, 1.54) is 43.4 Å². The molecule has 1 aliphatic carbocycles. The highest BCUT2D eigenvalue weighted by Gasteiger charge is 2.35. The fourth-order valence-corrected chi connectivity index (χ4v) is 5.11. The topological polar surface area (TPSA) is 20.3 Å². The summed E-state index contributed by atoms with van der Waals surface area (Å²) in [5, 5.41) is 2.13. The number of hydrogen-bond acceptors (Lipinski definition) is 2. The maximum absolute atomic E-state index is 13.0. The summed E-state index contributed by atoms with van der Waals surface area (Å²) >= 11 is 1.80. The minimum Gasteiger partial charge on any atom is -0.335 e. The molecule has 1 aromatic heterocycles. The molecule has 122 valence electrons. The predicted molar refractivity (Wildman–Crippen MR) is 93.0 cm³/mol. The Morgan fingerprint density at radius 3 is 2.77 bits per heavy atom. The van der Waals surface area contributed by atoms with Crippen molar-refractivity contribution in [3.63, 3.8) is 0 Å². The molecule has 3 heteroatoms. The summed E-state index contributed by atoms with van der Waals surface area (Å²) in [6.07, 6.45) is 11.1. The van der Waals surface area contributed by atoms with Crippen LogP contribution in [0.25, 0.3) is 0 Å². The van der Waals surface area contributed by atoms with Crippen molar-refractivity contribution in [3.05, 3.63) is 22.4 Å². The van der Waals surface area contributed by atoms with Crippen LogP contribution < -0.4 is 0 Å². The molecule has 1 unspecified atom stereocenters. The lowest BCUT2D eigenvalue weighted by Gasteiger charge is -2.33. The summed E-state index contributed by atoms with van der Waals surface area (Å²) in [5.41, 5.74) is 0. The molecule has 0 spiro atoms. The number of hydrogen-bond donors (Lipinski definition) is 0. The van der Waals surface area contributed by atoms with Gasteiger partial charge in [0.2, 0.25) is 5.91 Å². The monoisotopic (exact) mass is 319 g/mol. The molecule has 1 aromatic rings. The van der Waals surface area contributed by atoms with Crippen LogP contribution in [0, 0.1) is 11.8 Å². The molecule has 2 aliphatic rings. The fraction of sp³-hybridized carbons (Fsp3) is 0.737. The van der Waals surface area contributed by atoms with Crippen LogP contribution in [0.3, 0.4) is 0 Å². The molecule has 0 aromatic carbocycles. The van der Waals surface area contributed by atoms with Crippen molar-refractivity contribution in [3.8, 4) is 0 Å². The number of carbonyl (C=O) groups excluding carboxylic acids is 1. The Bertz CT molecular complexity index is 462. The van der Waals surface area contributed by atoms with E-state index in [4.69, 9.17) is 0 Å². The minimum atomic E-state index is 0.304. The molecule has 0 N–H and O–H groups in total. The van der Waals surface area contributed by atoms with Gasteiger partial charge in [0.1, 0.15) is 0 Å². The third-order valence-electron chi connectivity index (χ3n) is 5.57. The molecule has 0 bridgehead atoms. The molecular formula is C19H29NOS. The Kier molecular flexibility index (Phi) is 5.56. The summed E-state index contributed by atoms with van der Waals surface area (Å²) < 4.78 is 0. The van der Waals surface area contributed by atoms with Crippen molar-refractivity contribution >= 4 is 17.2 Å². The Morgan fingerprint density at radius 2 is 2.09 bits per heavy atom. The quantitative estimate of drug-likeness (QED) is 0.710. The first-order valence-corrected chi connectivity index (χ1v) is 10.0. The van der Waals surface area contributed by atoms with Crippen LogP contribution in [-0.2, 0) is 4.79 Å². The Balaban J connectivity index is 1.55. The van der Waals surface area contributed by atoms with Crippen LogP contribution >= 0.6 is 11.3 Å². The zero-order valence-corrected chi connectivity index (χ0v) is 14.6. The third-order valence-corrected chi connectivity index (χ3v) is 6.54. The zero-order valence-electron chi connectivity index (χ0n) is 13.8. The molecule has 1 amide bonds. The normalized spacial score (nSPS) is 29.0. The highest BCUT2D eigenvalue weighted by Crippen LogP contribution is 2.39. The standard InChI is InChI=1S/C19H29NOS/c1-2-3-6-15-9-11-16(12-10-15)19(21)20-13-4-7-17(20)18-8-5-14-22-18/h5,8,14-17H,2-4,6-7,9-13H2,1H3. The molecular weight excluding hydrogens is 290 g/mol. The summed E-state index contributed by atoms with van der Waals surface area (Å²) in [7, 11) is 0. The summed E-state index contributed by atoms with van der Waals surface area (Å²) in [5.74, 6) is 1.64. The van der Waals surface area contributed by atoms with Gasteiger partial charge in [0.25, 0.3) is 0 Å². The first-order valence-electron chi connectivity index (χ1n) is 9.13. The molecule has 2 heterocycles. The first kappa shape index (κ1) is 16.0. The average Bonchev–Trinajstić information content (AvgIpc) is 3.23. The zero-order chi connectivity index (χ0) is 15.4. The van der Waals surface area contributed by atoms with E-state index in [0.717, 1.165) is 31.7 Å². The molecule has 2 fully saturated rings. The van der Waals surface area contributed by atoms with Gasteiger partial charge in [-0.05, 0) is 55.9 Å². The Morgan fingerprint density at radius 1 is 1.27 bits per heavy atom. The molecule has 2 nitrogen and oxygen atoms in total. The number of amides is 1. The number of thiophene rings is 1. The van der Waals surface area contributed by atoms with Crippen LogP contribution in [-0.4, -0.2) is 17.4 Å². The van der Waals surface area contributed by atoms with Crippen molar-refractivity contribution in [1.29, 1.82) is 0 Å². The van der Waals surface area contributed by atoms with E-state index in [2.05, 4.69) is 29.3 Å². The lowest BCUT2D eigenvalue weighted by atomic mass is 9.79. The van der Waals surface area contributed by atoms with Gasteiger partial charge in [0.15, 0.2) is 0 Å². The smallest absolute Gasteiger partial charge is 0.226 e. The minimum absolute atomic E-state index is 0.304. The van der Waals surface area contributed by atoms with Crippen LogP contribution in [0.5, 0.6) is 0 Å². The Hall–Kier alpha value is -0.830. The van der Waals surface area contributed by atoms with E-state index in [1.807, 2.05) is 0 Å². The second-order valence-electron chi connectivity index (χ2n) is 7.06. The molecule has 22 heavy (non-hydrogen) atoms. The largest absolute Gasteiger partial charge is 0.335 e.